The molecule has 0 bridgehead atoms. The zero-order chi connectivity index (χ0) is 13.9. The summed E-state index contributed by atoms with van der Waals surface area (Å²) in [6.45, 7) is 0.356. The summed E-state index contributed by atoms with van der Waals surface area (Å²) >= 11 is 0. The molecular formula is C12H12F3N3O. The molecule has 19 heavy (non-hydrogen) atoms. The van der Waals surface area contributed by atoms with Crippen molar-refractivity contribution in [3.8, 4) is 5.75 Å². The van der Waals surface area contributed by atoms with Crippen molar-refractivity contribution >= 4 is 5.69 Å². The molecule has 1 aromatic carbocycles. The number of rotatable bonds is 4. The van der Waals surface area contributed by atoms with Gasteiger partial charge < -0.3 is 10.1 Å². The van der Waals surface area contributed by atoms with Crippen LogP contribution in [0.5, 0.6) is 5.75 Å². The first-order valence-corrected chi connectivity index (χ1v) is 5.51. The number of benzene rings is 1. The van der Waals surface area contributed by atoms with Crippen LogP contribution < -0.4 is 10.1 Å². The monoisotopic (exact) mass is 271 g/mol. The van der Waals surface area contributed by atoms with Crippen molar-refractivity contribution in [1.82, 2.24) is 9.78 Å². The van der Waals surface area contributed by atoms with Crippen LogP contribution in [0.4, 0.5) is 18.9 Å². The van der Waals surface area contributed by atoms with E-state index < -0.39 is 6.36 Å². The maximum Gasteiger partial charge on any atom is 0.573 e. The molecule has 2 rings (SSSR count). The van der Waals surface area contributed by atoms with E-state index in [1.54, 1.807) is 30.1 Å². The zero-order valence-corrected chi connectivity index (χ0v) is 10.1. The maximum absolute atomic E-state index is 12.2. The minimum Gasteiger partial charge on any atom is -0.404 e. The van der Waals surface area contributed by atoms with Crippen LogP contribution >= 0.6 is 0 Å². The van der Waals surface area contributed by atoms with Gasteiger partial charge in [0.15, 0.2) is 5.75 Å². The molecule has 4 nitrogen and oxygen atoms in total. The third-order valence-electron chi connectivity index (χ3n) is 2.50. The number of aryl methyl sites for hydroxylation is 1. The van der Waals surface area contributed by atoms with Crippen LogP contribution in [0.15, 0.2) is 36.5 Å². The van der Waals surface area contributed by atoms with Crippen molar-refractivity contribution in [3.05, 3.63) is 42.2 Å². The quantitative estimate of drug-likeness (QED) is 0.929. The highest BCUT2D eigenvalue weighted by Gasteiger charge is 2.32. The molecule has 0 fully saturated rings. The smallest absolute Gasteiger partial charge is 0.404 e. The molecule has 0 saturated carbocycles. The summed E-state index contributed by atoms with van der Waals surface area (Å²) in [5.41, 5.74) is 1.13. The van der Waals surface area contributed by atoms with Crippen LogP contribution in [0, 0.1) is 0 Å². The van der Waals surface area contributed by atoms with Crippen LogP contribution in [-0.2, 0) is 13.6 Å². The van der Waals surface area contributed by atoms with Gasteiger partial charge in [-0.05, 0) is 18.2 Å². The van der Waals surface area contributed by atoms with E-state index in [9.17, 15) is 13.2 Å². The molecule has 0 unspecified atom stereocenters. The van der Waals surface area contributed by atoms with Gasteiger partial charge >= 0.3 is 6.36 Å². The number of aromatic nitrogens is 2. The minimum atomic E-state index is -4.70. The largest absolute Gasteiger partial charge is 0.573 e. The van der Waals surface area contributed by atoms with Gasteiger partial charge in [-0.15, -0.1) is 13.2 Å². The number of anilines is 1. The topological polar surface area (TPSA) is 39.1 Å². The summed E-state index contributed by atoms with van der Waals surface area (Å²) in [6.07, 6.45) is -3.08. The predicted octanol–water partition coefficient (Wildman–Crippen LogP) is 2.93. The number of ether oxygens (including phenoxy) is 1. The summed E-state index contributed by atoms with van der Waals surface area (Å²) in [5, 5.41) is 6.87. The normalized spacial score (nSPS) is 11.4. The molecule has 0 aliphatic heterocycles. The Labute approximate surface area is 107 Å². The Kier molecular flexibility index (Phi) is 3.64. The number of para-hydroxylation sites is 2. The molecule has 2 aromatic rings. The van der Waals surface area contributed by atoms with E-state index in [1.165, 1.54) is 18.2 Å². The van der Waals surface area contributed by atoms with Crippen molar-refractivity contribution in [3.63, 3.8) is 0 Å². The molecular weight excluding hydrogens is 259 g/mol. The second-order valence-corrected chi connectivity index (χ2v) is 3.84. The third kappa shape index (κ3) is 3.64. The summed E-state index contributed by atoms with van der Waals surface area (Å²) < 4.78 is 42.3. The molecule has 102 valence electrons. The highest BCUT2D eigenvalue weighted by Crippen LogP contribution is 2.30. The van der Waals surface area contributed by atoms with Gasteiger partial charge in [0.1, 0.15) is 0 Å². The molecule has 0 aliphatic carbocycles. The first kappa shape index (κ1) is 13.3. The number of hydrogen-bond donors (Lipinski definition) is 1. The molecule has 0 atom stereocenters. The number of nitrogens with one attached hydrogen (secondary N) is 1. The summed E-state index contributed by atoms with van der Waals surface area (Å²) in [7, 11) is 1.76. The molecule has 1 heterocycles. The van der Waals surface area contributed by atoms with E-state index in [-0.39, 0.29) is 11.4 Å². The minimum absolute atomic E-state index is 0.253. The fourth-order valence-electron chi connectivity index (χ4n) is 1.59. The Morgan fingerprint density at radius 1 is 1.26 bits per heavy atom. The van der Waals surface area contributed by atoms with Crippen molar-refractivity contribution in [2.45, 2.75) is 12.9 Å². The van der Waals surface area contributed by atoms with Crippen LogP contribution in [0.3, 0.4) is 0 Å². The Hall–Kier alpha value is -2.18. The average Bonchev–Trinajstić information content (AvgIpc) is 2.72. The predicted molar refractivity (Wildman–Crippen MR) is 63.7 cm³/mol. The molecule has 7 heteroatoms. The van der Waals surface area contributed by atoms with Crippen LogP contribution in [0.2, 0.25) is 0 Å². The number of hydrogen-bond acceptors (Lipinski definition) is 3. The fourth-order valence-corrected chi connectivity index (χ4v) is 1.59. The lowest BCUT2D eigenvalue weighted by atomic mass is 10.3. The van der Waals surface area contributed by atoms with Crippen LogP contribution in [0.1, 0.15) is 5.69 Å². The molecule has 0 saturated heterocycles. The van der Waals surface area contributed by atoms with E-state index >= 15 is 0 Å². The van der Waals surface area contributed by atoms with Gasteiger partial charge in [-0.2, -0.15) is 5.10 Å². The fraction of sp³-hybridized carbons (Fsp3) is 0.250. The first-order chi connectivity index (χ1) is 8.96. The third-order valence-corrected chi connectivity index (χ3v) is 2.50. The number of nitrogens with zero attached hydrogens (tertiary/aromatic N) is 2. The van der Waals surface area contributed by atoms with Crippen molar-refractivity contribution in [2.75, 3.05) is 5.32 Å². The van der Waals surface area contributed by atoms with Crippen LogP contribution in [0.25, 0.3) is 0 Å². The van der Waals surface area contributed by atoms with E-state index in [1.807, 2.05) is 0 Å². The van der Waals surface area contributed by atoms with Crippen molar-refractivity contribution < 1.29 is 17.9 Å². The van der Waals surface area contributed by atoms with E-state index in [4.69, 9.17) is 0 Å². The lowest BCUT2D eigenvalue weighted by Crippen LogP contribution is -2.18. The maximum atomic E-state index is 12.2. The number of halogens is 3. The first-order valence-electron chi connectivity index (χ1n) is 5.51. The van der Waals surface area contributed by atoms with E-state index in [0.717, 1.165) is 5.69 Å². The standard InChI is InChI=1S/C12H12F3N3O/c1-18-9(6-7-17-18)8-16-10-4-2-3-5-11(10)19-12(13,14)15/h2-7,16H,8H2,1H3. The molecule has 1 aromatic heterocycles. The van der Waals surface area contributed by atoms with Gasteiger partial charge in [0.25, 0.3) is 0 Å². The average molecular weight is 271 g/mol. The van der Waals surface area contributed by atoms with Gasteiger partial charge in [-0.25, -0.2) is 0 Å². The highest BCUT2D eigenvalue weighted by atomic mass is 19.4. The van der Waals surface area contributed by atoms with Gasteiger partial charge in [-0.3, -0.25) is 4.68 Å². The van der Waals surface area contributed by atoms with Gasteiger partial charge in [0.05, 0.1) is 17.9 Å². The highest BCUT2D eigenvalue weighted by molar-refractivity contribution is 5.56. The molecule has 0 aliphatic rings. The molecule has 0 spiro atoms. The summed E-state index contributed by atoms with van der Waals surface area (Å²) in [4.78, 5) is 0. The SMILES string of the molecule is Cn1nccc1CNc1ccccc1OC(F)(F)F. The summed E-state index contributed by atoms with van der Waals surface area (Å²) in [5.74, 6) is -0.253. The Morgan fingerprint density at radius 3 is 2.63 bits per heavy atom. The van der Waals surface area contributed by atoms with Gasteiger partial charge in [0, 0.05) is 13.2 Å². The van der Waals surface area contributed by atoms with E-state index in [0.29, 0.717) is 6.54 Å². The van der Waals surface area contributed by atoms with Gasteiger partial charge in [-0.1, -0.05) is 12.1 Å². The Balaban J connectivity index is 2.10. The summed E-state index contributed by atoms with van der Waals surface area (Å²) in [6, 6.07) is 7.68. The Morgan fingerprint density at radius 2 is 2.00 bits per heavy atom. The van der Waals surface area contributed by atoms with Gasteiger partial charge in [0.2, 0.25) is 0 Å². The Bertz CT molecular complexity index is 551. The second-order valence-electron chi connectivity index (χ2n) is 3.84. The van der Waals surface area contributed by atoms with Crippen molar-refractivity contribution in [2.24, 2.45) is 7.05 Å². The lowest BCUT2D eigenvalue weighted by molar-refractivity contribution is -0.274. The van der Waals surface area contributed by atoms with Crippen molar-refractivity contribution in [1.29, 1.82) is 0 Å². The second kappa shape index (κ2) is 5.21. The molecule has 1 N–H and O–H groups in total. The van der Waals surface area contributed by atoms with E-state index in [2.05, 4.69) is 15.2 Å². The zero-order valence-electron chi connectivity index (χ0n) is 10.1. The lowest BCUT2D eigenvalue weighted by Gasteiger charge is -2.14. The van der Waals surface area contributed by atoms with Crippen LogP contribution in [-0.4, -0.2) is 16.1 Å². The molecule has 0 radical (unpaired) electrons. The number of alkyl halides is 3. The molecule has 0 amide bonds.